The van der Waals surface area contributed by atoms with Gasteiger partial charge in [-0.3, -0.25) is 9.59 Å². The van der Waals surface area contributed by atoms with Crippen molar-refractivity contribution in [3.63, 3.8) is 0 Å². The largest absolute Gasteiger partial charge is 0.356 e. The van der Waals surface area contributed by atoms with Crippen molar-refractivity contribution in [1.29, 1.82) is 0 Å². The van der Waals surface area contributed by atoms with Crippen molar-refractivity contribution in [3.8, 4) is 0 Å². The molecular weight excluding hydrogens is 307 g/mol. The number of carbonyl (C=O) groups excluding carboxylic acids is 2. The number of rotatable bonds is 6. The van der Waals surface area contributed by atoms with Gasteiger partial charge in [0.05, 0.1) is 5.92 Å². The fourth-order valence-corrected chi connectivity index (χ4v) is 3.22. The monoisotopic (exact) mass is 334 g/mol. The maximum absolute atomic E-state index is 13.2. The highest BCUT2D eigenvalue weighted by Gasteiger charge is 2.29. The molecule has 0 aliphatic carbocycles. The van der Waals surface area contributed by atoms with E-state index in [1.165, 1.54) is 12.1 Å². The Morgan fingerprint density at radius 3 is 2.92 bits per heavy atom. The van der Waals surface area contributed by atoms with Crippen LogP contribution in [-0.2, 0) is 16.0 Å². The number of likely N-dealkylation sites (tertiary alicyclic amines) is 1. The number of nitrogens with one attached hydrogen (secondary N) is 1. The number of carbonyl (C=O) groups is 2. The van der Waals surface area contributed by atoms with Gasteiger partial charge in [0, 0.05) is 25.6 Å². The first kappa shape index (κ1) is 18.4. The molecule has 1 fully saturated rings. The molecule has 132 valence electrons. The summed E-state index contributed by atoms with van der Waals surface area (Å²) in [5, 5.41) is 2.84. The summed E-state index contributed by atoms with van der Waals surface area (Å²) in [5.41, 5.74) is 0.911. The first-order valence-electron chi connectivity index (χ1n) is 8.82. The lowest BCUT2D eigenvalue weighted by Gasteiger charge is -2.33. The van der Waals surface area contributed by atoms with Gasteiger partial charge in [0.25, 0.3) is 0 Å². The van der Waals surface area contributed by atoms with Crippen molar-refractivity contribution in [3.05, 3.63) is 35.6 Å². The minimum atomic E-state index is -0.243. The Balaban J connectivity index is 1.86. The minimum Gasteiger partial charge on any atom is -0.356 e. The molecular formula is C19H27FN2O2. The molecule has 0 aromatic heterocycles. The number of hydrogen-bond acceptors (Lipinski definition) is 2. The number of halogens is 1. The molecule has 1 aromatic rings. The summed E-state index contributed by atoms with van der Waals surface area (Å²) in [7, 11) is 0. The van der Waals surface area contributed by atoms with E-state index in [9.17, 15) is 14.0 Å². The SMILES string of the molecule is CCNC(=O)[C@H]1CCCN(C(=O)[C@@H](C)CCc2cccc(F)c2)C1. The van der Waals surface area contributed by atoms with Gasteiger partial charge in [-0.25, -0.2) is 4.39 Å². The molecule has 24 heavy (non-hydrogen) atoms. The zero-order valence-corrected chi connectivity index (χ0v) is 14.6. The Labute approximate surface area is 143 Å². The van der Waals surface area contributed by atoms with Crippen LogP contribution < -0.4 is 5.32 Å². The molecule has 1 heterocycles. The predicted molar refractivity (Wildman–Crippen MR) is 91.9 cm³/mol. The maximum atomic E-state index is 13.2. The lowest BCUT2D eigenvalue weighted by atomic mass is 9.94. The van der Waals surface area contributed by atoms with Crippen LogP contribution in [0.5, 0.6) is 0 Å². The molecule has 1 aromatic carbocycles. The van der Waals surface area contributed by atoms with E-state index < -0.39 is 0 Å². The van der Waals surface area contributed by atoms with Crippen LogP contribution in [0.2, 0.25) is 0 Å². The van der Waals surface area contributed by atoms with Crippen LogP contribution in [0.3, 0.4) is 0 Å². The average Bonchev–Trinajstić information content (AvgIpc) is 2.59. The highest BCUT2D eigenvalue weighted by molar-refractivity contribution is 5.82. The van der Waals surface area contributed by atoms with Crippen LogP contribution in [0.15, 0.2) is 24.3 Å². The molecule has 5 heteroatoms. The van der Waals surface area contributed by atoms with E-state index in [0.717, 1.165) is 24.9 Å². The topological polar surface area (TPSA) is 49.4 Å². The molecule has 4 nitrogen and oxygen atoms in total. The predicted octanol–water partition coefficient (Wildman–Crippen LogP) is 2.77. The molecule has 1 saturated heterocycles. The molecule has 0 spiro atoms. The van der Waals surface area contributed by atoms with Gasteiger partial charge in [-0.15, -0.1) is 0 Å². The summed E-state index contributed by atoms with van der Waals surface area (Å²) in [6.45, 7) is 5.66. The normalized spacial score (nSPS) is 19.0. The van der Waals surface area contributed by atoms with Crippen molar-refractivity contribution in [2.24, 2.45) is 11.8 Å². The molecule has 0 saturated carbocycles. The average molecular weight is 334 g/mol. The Bertz CT molecular complexity index is 576. The quantitative estimate of drug-likeness (QED) is 0.870. The second-order valence-electron chi connectivity index (χ2n) is 6.59. The van der Waals surface area contributed by atoms with E-state index in [4.69, 9.17) is 0 Å². The fraction of sp³-hybridized carbons (Fsp3) is 0.579. The third-order valence-corrected chi connectivity index (χ3v) is 4.63. The van der Waals surface area contributed by atoms with Crippen molar-refractivity contribution in [1.82, 2.24) is 10.2 Å². The number of benzene rings is 1. The molecule has 0 bridgehead atoms. The van der Waals surface area contributed by atoms with Crippen LogP contribution in [0.25, 0.3) is 0 Å². The smallest absolute Gasteiger partial charge is 0.225 e. The number of piperidine rings is 1. The van der Waals surface area contributed by atoms with Gasteiger partial charge in [-0.2, -0.15) is 0 Å². The fourth-order valence-electron chi connectivity index (χ4n) is 3.22. The maximum Gasteiger partial charge on any atom is 0.225 e. The van der Waals surface area contributed by atoms with Gasteiger partial charge in [0.1, 0.15) is 5.82 Å². The Morgan fingerprint density at radius 2 is 2.21 bits per heavy atom. The number of aryl methyl sites for hydroxylation is 1. The molecule has 1 aliphatic rings. The third kappa shape index (κ3) is 5.05. The Morgan fingerprint density at radius 1 is 1.42 bits per heavy atom. The van der Waals surface area contributed by atoms with Gasteiger partial charge in [-0.05, 0) is 50.3 Å². The Kier molecular flexibility index (Phi) is 6.76. The Hall–Kier alpha value is -1.91. The summed E-state index contributed by atoms with van der Waals surface area (Å²) in [6.07, 6.45) is 3.07. The van der Waals surface area contributed by atoms with Gasteiger partial charge in [0.2, 0.25) is 11.8 Å². The van der Waals surface area contributed by atoms with E-state index in [0.29, 0.717) is 25.9 Å². The molecule has 2 rings (SSSR count). The molecule has 0 radical (unpaired) electrons. The first-order valence-corrected chi connectivity index (χ1v) is 8.82. The number of nitrogens with zero attached hydrogens (tertiary/aromatic N) is 1. The lowest BCUT2D eigenvalue weighted by Crippen LogP contribution is -2.47. The van der Waals surface area contributed by atoms with Crippen molar-refractivity contribution < 1.29 is 14.0 Å². The number of hydrogen-bond donors (Lipinski definition) is 1. The number of amides is 2. The van der Waals surface area contributed by atoms with Gasteiger partial charge >= 0.3 is 0 Å². The van der Waals surface area contributed by atoms with Crippen LogP contribution in [0.1, 0.15) is 38.7 Å². The molecule has 2 amide bonds. The van der Waals surface area contributed by atoms with Crippen LogP contribution in [0, 0.1) is 17.7 Å². The second kappa shape index (κ2) is 8.81. The van der Waals surface area contributed by atoms with Crippen LogP contribution in [0.4, 0.5) is 4.39 Å². The van der Waals surface area contributed by atoms with E-state index in [1.54, 1.807) is 6.07 Å². The van der Waals surface area contributed by atoms with E-state index in [1.807, 2.05) is 24.8 Å². The summed E-state index contributed by atoms with van der Waals surface area (Å²) < 4.78 is 13.2. The van der Waals surface area contributed by atoms with Gasteiger partial charge in [-0.1, -0.05) is 19.1 Å². The molecule has 2 atom stereocenters. The van der Waals surface area contributed by atoms with Gasteiger partial charge in [0.15, 0.2) is 0 Å². The highest BCUT2D eigenvalue weighted by Crippen LogP contribution is 2.20. The second-order valence-corrected chi connectivity index (χ2v) is 6.59. The summed E-state index contributed by atoms with van der Waals surface area (Å²) >= 11 is 0. The molecule has 1 N–H and O–H groups in total. The first-order chi connectivity index (χ1) is 11.5. The van der Waals surface area contributed by atoms with Crippen molar-refractivity contribution in [2.45, 2.75) is 39.5 Å². The summed E-state index contributed by atoms with van der Waals surface area (Å²) in [4.78, 5) is 26.4. The van der Waals surface area contributed by atoms with Gasteiger partial charge < -0.3 is 10.2 Å². The van der Waals surface area contributed by atoms with Crippen molar-refractivity contribution in [2.75, 3.05) is 19.6 Å². The van der Waals surface area contributed by atoms with E-state index >= 15 is 0 Å². The lowest BCUT2D eigenvalue weighted by molar-refractivity contribution is -0.139. The summed E-state index contributed by atoms with van der Waals surface area (Å²) in [6, 6.07) is 6.52. The summed E-state index contributed by atoms with van der Waals surface area (Å²) in [5.74, 6) is -0.325. The molecule has 1 aliphatic heterocycles. The van der Waals surface area contributed by atoms with E-state index in [-0.39, 0.29) is 29.5 Å². The van der Waals surface area contributed by atoms with E-state index in [2.05, 4.69) is 5.32 Å². The highest BCUT2D eigenvalue weighted by atomic mass is 19.1. The third-order valence-electron chi connectivity index (χ3n) is 4.63. The van der Waals surface area contributed by atoms with Crippen LogP contribution >= 0.6 is 0 Å². The standard InChI is InChI=1S/C19H27FN2O2/c1-3-21-18(23)16-7-5-11-22(13-16)19(24)14(2)9-10-15-6-4-8-17(20)12-15/h4,6,8,12,14,16H,3,5,7,9-11,13H2,1-2H3,(H,21,23)/t14-,16-/m0/s1. The van der Waals surface area contributed by atoms with Crippen LogP contribution in [-0.4, -0.2) is 36.3 Å². The zero-order chi connectivity index (χ0) is 17.5. The zero-order valence-electron chi connectivity index (χ0n) is 14.6. The van der Waals surface area contributed by atoms with Crippen molar-refractivity contribution >= 4 is 11.8 Å². The molecule has 0 unspecified atom stereocenters. The minimum absolute atomic E-state index is 0.0439.